The zero-order valence-corrected chi connectivity index (χ0v) is 20.8. The molecule has 6 nitrogen and oxygen atoms in total. The topological polar surface area (TPSA) is 99.4 Å². The molecule has 0 spiro atoms. The van der Waals surface area contributed by atoms with Crippen LogP contribution in [0.4, 0.5) is 17.6 Å². The van der Waals surface area contributed by atoms with Gasteiger partial charge in [0, 0.05) is 35.1 Å². The fourth-order valence-corrected chi connectivity index (χ4v) is 4.77. The normalized spacial score (nSPS) is 21.1. The Balaban J connectivity index is 0.000000161. The van der Waals surface area contributed by atoms with E-state index in [-0.39, 0.29) is 35.5 Å². The predicted molar refractivity (Wildman–Crippen MR) is 135 cm³/mol. The first kappa shape index (κ1) is 27.3. The quantitative estimate of drug-likeness (QED) is 0.212. The molecule has 4 unspecified atom stereocenters. The molecule has 40 heavy (non-hydrogen) atoms. The highest BCUT2D eigenvalue weighted by Gasteiger charge is 2.31. The van der Waals surface area contributed by atoms with Crippen molar-refractivity contribution in [3.63, 3.8) is 0 Å². The van der Waals surface area contributed by atoms with E-state index in [0.717, 1.165) is 36.4 Å². The lowest BCUT2D eigenvalue weighted by atomic mass is 9.94. The van der Waals surface area contributed by atoms with Crippen molar-refractivity contribution < 1.29 is 47.5 Å². The molecule has 6 rings (SSSR count). The molecule has 2 heterocycles. The van der Waals surface area contributed by atoms with Crippen LogP contribution in [-0.2, 0) is 0 Å². The lowest BCUT2D eigenvalue weighted by Crippen LogP contribution is -2.20. The van der Waals surface area contributed by atoms with Crippen LogP contribution in [0.5, 0.6) is 23.0 Å². The molecule has 208 valence electrons. The molecule has 2 aliphatic rings. The molecule has 0 saturated carbocycles. The van der Waals surface area contributed by atoms with Gasteiger partial charge in [0.15, 0.2) is 0 Å². The minimum absolute atomic E-state index is 0.0155. The van der Waals surface area contributed by atoms with Crippen molar-refractivity contribution in [2.45, 2.75) is 37.3 Å². The minimum atomic E-state index is -0.904. The summed E-state index contributed by atoms with van der Waals surface area (Å²) in [6, 6.07) is 14.9. The highest BCUT2D eigenvalue weighted by Crippen LogP contribution is 2.44. The number of aromatic hydroxyl groups is 2. The third kappa shape index (κ3) is 5.68. The Kier molecular flexibility index (Phi) is 7.55. The van der Waals surface area contributed by atoms with E-state index in [0.29, 0.717) is 22.6 Å². The molecule has 4 N–H and O–H groups in total. The minimum Gasteiger partial charge on any atom is -0.508 e. The van der Waals surface area contributed by atoms with Gasteiger partial charge in [-0.25, -0.2) is 17.6 Å². The second-order valence-corrected chi connectivity index (χ2v) is 9.49. The molecule has 0 amide bonds. The van der Waals surface area contributed by atoms with Gasteiger partial charge in [-0.2, -0.15) is 0 Å². The van der Waals surface area contributed by atoms with Gasteiger partial charge in [-0.1, -0.05) is 0 Å². The number of hydrogen-bond acceptors (Lipinski definition) is 6. The fourth-order valence-electron chi connectivity index (χ4n) is 4.77. The number of benzene rings is 4. The van der Waals surface area contributed by atoms with Crippen LogP contribution in [0.25, 0.3) is 0 Å². The number of hydrogen-bond donors (Lipinski definition) is 4. The maximum absolute atomic E-state index is 13.8. The van der Waals surface area contributed by atoms with Crippen LogP contribution in [0.3, 0.4) is 0 Å². The molecule has 2 aliphatic heterocycles. The molecule has 0 aromatic heterocycles. The Morgan fingerprint density at radius 1 is 0.525 bits per heavy atom. The summed E-state index contributed by atoms with van der Waals surface area (Å²) in [6.07, 6.45) is -3.15. The van der Waals surface area contributed by atoms with Crippen LogP contribution in [0.1, 0.15) is 59.5 Å². The van der Waals surface area contributed by atoms with Gasteiger partial charge < -0.3 is 29.9 Å². The second kappa shape index (κ2) is 11.1. The first-order valence-corrected chi connectivity index (χ1v) is 12.3. The third-order valence-corrected chi connectivity index (χ3v) is 6.73. The van der Waals surface area contributed by atoms with E-state index in [2.05, 4.69) is 0 Å². The highest BCUT2D eigenvalue weighted by molar-refractivity contribution is 5.44. The average molecular weight is 557 g/mol. The average Bonchev–Trinajstić information content (AvgIpc) is 2.92. The number of phenols is 2. The smallest absolute Gasteiger partial charge is 0.130 e. The van der Waals surface area contributed by atoms with Crippen LogP contribution < -0.4 is 9.47 Å². The van der Waals surface area contributed by atoms with Gasteiger partial charge in [-0.05, 0) is 72.8 Å². The van der Waals surface area contributed by atoms with Gasteiger partial charge in [-0.3, -0.25) is 0 Å². The molecule has 0 saturated heterocycles. The molecule has 0 aliphatic carbocycles. The summed E-state index contributed by atoms with van der Waals surface area (Å²) in [7, 11) is 0. The molecule has 4 aromatic carbocycles. The Morgan fingerprint density at radius 3 is 1.32 bits per heavy atom. The van der Waals surface area contributed by atoms with Crippen molar-refractivity contribution in [3.05, 3.63) is 118 Å². The monoisotopic (exact) mass is 556 g/mol. The highest BCUT2D eigenvalue weighted by atomic mass is 19.1. The molecule has 0 bridgehead atoms. The van der Waals surface area contributed by atoms with Crippen LogP contribution in [0.15, 0.2) is 72.8 Å². The Bertz CT molecular complexity index is 1430. The summed E-state index contributed by atoms with van der Waals surface area (Å²) < 4.78 is 65.2. The zero-order chi connectivity index (χ0) is 28.6. The Hall–Kier alpha value is -4.28. The van der Waals surface area contributed by atoms with Crippen LogP contribution in [0.2, 0.25) is 0 Å². The van der Waals surface area contributed by atoms with E-state index in [1.165, 1.54) is 36.4 Å². The van der Waals surface area contributed by atoms with Crippen LogP contribution in [-0.4, -0.2) is 20.4 Å². The largest absolute Gasteiger partial charge is 0.508 e. The van der Waals surface area contributed by atoms with Gasteiger partial charge in [0.05, 0.1) is 12.2 Å². The number of aliphatic hydroxyl groups is 2. The van der Waals surface area contributed by atoms with Crippen molar-refractivity contribution in [2.24, 2.45) is 0 Å². The molecule has 0 fully saturated rings. The van der Waals surface area contributed by atoms with E-state index in [9.17, 15) is 38.0 Å². The van der Waals surface area contributed by atoms with Crippen molar-refractivity contribution in [2.75, 3.05) is 0 Å². The van der Waals surface area contributed by atoms with Crippen molar-refractivity contribution in [1.29, 1.82) is 0 Å². The van der Waals surface area contributed by atoms with E-state index >= 15 is 0 Å². The maximum Gasteiger partial charge on any atom is 0.130 e. The number of aliphatic hydroxyl groups excluding tert-OH is 2. The van der Waals surface area contributed by atoms with E-state index in [4.69, 9.17) is 9.47 Å². The van der Waals surface area contributed by atoms with E-state index < -0.39 is 47.7 Å². The lowest BCUT2D eigenvalue weighted by Gasteiger charge is -2.30. The van der Waals surface area contributed by atoms with Crippen molar-refractivity contribution in [3.8, 4) is 23.0 Å². The lowest BCUT2D eigenvalue weighted by molar-refractivity contribution is 0.0632. The summed E-state index contributed by atoms with van der Waals surface area (Å²) in [5.74, 6) is -1.53. The third-order valence-electron chi connectivity index (χ3n) is 6.73. The molecule has 10 heteroatoms. The Labute approximate surface area is 226 Å². The molecule has 4 atom stereocenters. The van der Waals surface area contributed by atoms with Crippen molar-refractivity contribution >= 4 is 0 Å². The van der Waals surface area contributed by atoms with Gasteiger partial charge in [-0.15, -0.1) is 0 Å². The van der Waals surface area contributed by atoms with Gasteiger partial charge in [0.1, 0.15) is 58.5 Å². The number of rotatable bonds is 2. The molecule has 0 radical (unpaired) electrons. The predicted octanol–water partition coefficient (Wildman–Crippen LogP) is 6.46. The number of fused-ring (bicyclic) bond motifs is 2. The number of halogens is 4. The summed E-state index contributed by atoms with van der Waals surface area (Å²) in [5.41, 5.74) is 1.03. The second-order valence-electron chi connectivity index (χ2n) is 9.49. The standard InChI is InChI=1S/2C15H12F2O3/c2*16-8-1-3-12(17)10(5-8)15-7-13(19)11-6-9(18)2-4-14(11)20-15/h2*1-6,13,15,18-19H,7H2. The zero-order valence-electron chi connectivity index (χ0n) is 20.8. The first-order valence-electron chi connectivity index (χ1n) is 12.3. The summed E-state index contributed by atoms with van der Waals surface area (Å²) in [5, 5.41) is 38.9. The fraction of sp³-hybridized carbons (Fsp3) is 0.200. The van der Waals surface area contributed by atoms with E-state index in [1.54, 1.807) is 0 Å². The maximum atomic E-state index is 13.8. The summed E-state index contributed by atoms with van der Waals surface area (Å²) >= 11 is 0. The van der Waals surface area contributed by atoms with Gasteiger partial charge >= 0.3 is 0 Å². The molecular formula is C30H24F4O6. The number of ether oxygens (including phenoxy) is 2. The van der Waals surface area contributed by atoms with Gasteiger partial charge in [0.25, 0.3) is 0 Å². The van der Waals surface area contributed by atoms with Crippen LogP contribution >= 0.6 is 0 Å². The molecule has 4 aromatic rings. The molecular weight excluding hydrogens is 532 g/mol. The summed E-state index contributed by atoms with van der Waals surface area (Å²) in [6.45, 7) is 0. The summed E-state index contributed by atoms with van der Waals surface area (Å²) in [4.78, 5) is 0. The van der Waals surface area contributed by atoms with Crippen molar-refractivity contribution in [1.82, 2.24) is 0 Å². The van der Waals surface area contributed by atoms with Gasteiger partial charge in [0.2, 0.25) is 0 Å². The number of phenolic OH excluding ortho intramolecular Hbond substituents is 2. The van der Waals surface area contributed by atoms with Crippen LogP contribution in [0, 0.1) is 23.3 Å². The van der Waals surface area contributed by atoms with E-state index in [1.807, 2.05) is 0 Å². The Morgan fingerprint density at radius 2 is 0.925 bits per heavy atom. The first-order chi connectivity index (χ1) is 19.1. The SMILES string of the molecule is Oc1ccc2c(c1)C(O)CC(c1cc(F)ccc1F)O2.Oc1ccc2c(c1)C(O)CC(c1cc(F)ccc1F)O2.